The first-order chi connectivity index (χ1) is 8.93. The maximum absolute atomic E-state index is 10.7. The van der Waals surface area contributed by atoms with E-state index in [-0.39, 0.29) is 18.3 Å². The van der Waals surface area contributed by atoms with E-state index in [4.69, 9.17) is 5.11 Å². The zero-order chi connectivity index (χ0) is 15.7. The lowest BCUT2D eigenvalue weighted by Gasteiger charge is -2.27. The van der Waals surface area contributed by atoms with Crippen molar-refractivity contribution in [1.29, 1.82) is 0 Å². The lowest BCUT2D eigenvalue weighted by molar-refractivity contribution is -0.131. The molecule has 0 saturated carbocycles. The van der Waals surface area contributed by atoms with Gasteiger partial charge in [0, 0.05) is 17.2 Å². The smallest absolute Gasteiger partial charge is 0.328 e. The molecule has 0 aliphatic rings. The standard InChI is InChI=1S/C17H24O3.CH4/c1-16(2,3)12-9-11(7-8-14(18)19)10-13(15(12)20)17(4,5)6;/h7-10,20H,1-6H3,(H,18,19);1H4. The Morgan fingerprint density at radius 2 is 1.38 bits per heavy atom. The van der Waals surface area contributed by atoms with E-state index in [2.05, 4.69) is 0 Å². The molecule has 3 heteroatoms. The van der Waals surface area contributed by atoms with Crippen LogP contribution in [0, 0.1) is 0 Å². The van der Waals surface area contributed by atoms with Gasteiger partial charge in [-0.3, -0.25) is 0 Å². The lowest BCUT2D eigenvalue weighted by Crippen LogP contribution is -2.17. The molecule has 21 heavy (non-hydrogen) atoms. The number of carbonyl (C=O) groups is 1. The zero-order valence-electron chi connectivity index (χ0n) is 13.1. The Bertz CT molecular complexity index is 506. The monoisotopic (exact) mass is 292 g/mol. The number of benzene rings is 1. The Balaban J connectivity index is 0.00000400. The van der Waals surface area contributed by atoms with E-state index in [0.717, 1.165) is 22.8 Å². The van der Waals surface area contributed by atoms with Crippen molar-refractivity contribution in [1.82, 2.24) is 0 Å². The number of carboxylic acid groups (broad SMARTS) is 1. The SMILES string of the molecule is C.CC(C)(C)c1cc(C=CC(=O)O)cc(C(C)(C)C)c1O. The highest BCUT2D eigenvalue weighted by atomic mass is 16.4. The number of aliphatic carboxylic acids is 1. The van der Waals surface area contributed by atoms with Crippen LogP contribution < -0.4 is 0 Å². The van der Waals surface area contributed by atoms with Gasteiger partial charge in [-0.1, -0.05) is 49.0 Å². The van der Waals surface area contributed by atoms with Gasteiger partial charge in [0.25, 0.3) is 0 Å². The van der Waals surface area contributed by atoms with Crippen LogP contribution in [0.1, 0.15) is 65.7 Å². The van der Waals surface area contributed by atoms with Crippen LogP contribution in [-0.2, 0) is 15.6 Å². The van der Waals surface area contributed by atoms with Crippen molar-refractivity contribution in [3.63, 3.8) is 0 Å². The molecular weight excluding hydrogens is 264 g/mol. The first kappa shape index (κ1) is 19.2. The summed E-state index contributed by atoms with van der Waals surface area (Å²) in [5.74, 6) is -0.676. The van der Waals surface area contributed by atoms with Gasteiger partial charge in [0.15, 0.2) is 0 Å². The quantitative estimate of drug-likeness (QED) is 0.775. The molecule has 1 aromatic carbocycles. The Hall–Kier alpha value is -1.77. The third-order valence-electron chi connectivity index (χ3n) is 3.17. The van der Waals surface area contributed by atoms with E-state index < -0.39 is 5.97 Å². The molecule has 3 nitrogen and oxygen atoms in total. The third kappa shape index (κ3) is 4.92. The predicted octanol–water partition coefficient (Wildman–Crippen LogP) is 4.72. The van der Waals surface area contributed by atoms with Gasteiger partial charge in [0.2, 0.25) is 0 Å². The van der Waals surface area contributed by atoms with Gasteiger partial charge in [-0.15, -0.1) is 0 Å². The highest BCUT2D eigenvalue weighted by molar-refractivity contribution is 5.85. The van der Waals surface area contributed by atoms with Gasteiger partial charge in [-0.25, -0.2) is 4.79 Å². The van der Waals surface area contributed by atoms with Gasteiger partial charge in [0.05, 0.1) is 0 Å². The summed E-state index contributed by atoms with van der Waals surface area (Å²) < 4.78 is 0. The van der Waals surface area contributed by atoms with Gasteiger partial charge in [0.1, 0.15) is 5.75 Å². The van der Waals surface area contributed by atoms with E-state index in [1.807, 2.05) is 53.7 Å². The maximum atomic E-state index is 10.7. The number of phenolic OH excluding ortho intramolecular Hbond substituents is 1. The van der Waals surface area contributed by atoms with Crippen LogP contribution in [0.2, 0.25) is 0 Å². The molecule has 1 aromatic rings. The largest absolute Gasteiger partial charge is 0.507 e. The number of hydrogen-bond acceptors (Lipinski definition) is 2. The second-order valence-electron chi connectivity index (χ2n) is 7.14. The molecule has 0 heterocycles. The first-order valence-electron chi connectivity index (χ1n) is 6.72. The molecule has 0 saturated heterocycles. The summed E-state index contributed by atoms with van der Waals surface area (Å²) >= 11 is 0. The van der Waals surface area contributed by atoms with E-state index in [1.54, 1.807) is 6.08 Å². The number of carboxylic acids is 1. The Kier molecular flexibility index (Phi) is 5.80. The van der Waals surface area contributed by atoms with Gasteiger partial charge < -0.3 is 10.2 Å². The summed E-state index contributed by atoms with van der Waals surface area (Å²) in [5, 5.41) is 19.3. The molecule has 0 atom stereocenters. The summed E-state index contributed by atoms with van der Waals surface area (Å²) in [6.07, 6.45) is 2.68. The van der Waals surface area contributed by atoms with Crippen molar-refractivity contribution < 1.29 is 15.0 Å². The van der Waals surface area contributed by atoms with E-state index in [9.17, 15) is 9.90 Å². The molecule has 0 unspecified atom stereocenters. The van der Waals surface area contributed by atoms with Crippen molar-refractivity contribution in [3.05, 3.63) is 34.9 Å². The number of rotatable bonds is 2. The van der Waals surface area contributed by atoms with Gasteiger partial charge in [-0.05, 0) is 34.6 Å². The molecule has 0 bridgehead atoms. The molecule has 2 N–H and O–H groups in total. The van der Waals surface area contributed by atoms with Gasteiger partial charge >= 0.3 is 5.97 Å². The van der Waals surface area contributed by atoms with Crippen LogP contribution in [0.3, 0.4) is 0 Å². The molecule has 1 rings (SSSR count). The van der Waals surface area contributed by atoms with Crippen molar-refractivity contribution in [2.45, 2.75) is 59.8 Å². The summed E-state index contributed by atoms with van der Waals surface area (Å²) in [7, 11) is 0. The Labute approximate surface area is 128 Å². The van der Waals surface area contributed by atoms with Crippen LogP contribution in [0.5, 0.6) is 5.75 Å². The van der Waals surface area contributed by atoms with Crippen LogP contribution in [0.15, 0.2) is 18.2 Å². The molecule has 118 valence electrons. The summed E-state index contributed by atoms with van der Waals surface area (Å²) in [6.45, 7) is 12.2. The molecule has 0 spiro atoms. The van der Waals surface area contributed by atoms with Crippen LogP contribution in [-0.4, -0.2) is 16.2 Å². The van der Waals surface area contributed by atoms with Crippen molar-refractivity contribution in [2.24, 2.45) is 0 Å². The minimum Gasteiger partial charge on any atom is -0.507 e. The lowest BCUT2D eigenvalue weighted by atomic mass is 9.78. The number of hydrogen-bond donors (Lipinski definition) is 2. The normalized spacial score (nSPS) is 12.3. The summed E-state index contributed by atoms with van der Waals surface area (Å²) in [5.41, 5.74) is 2.03. The second kappa shape index (κ2) is 6.33. The van der Waals surface area contributed by atoms with Crippen LogP contribution in [0.25, 0.3) is 6.08 Å². The molecule has 0 fully saturated rings. The third-order valence-corrected chi connectivity index (χ3v) is 3.17. The molecule has 0 aliphatic heterocycles. The van der Waals surface area contributed by atoms with E-state index in [1.165, 1.54) is 0 Å². The summed E-state index contributed by atoms with van der Waals surface area (Å²) in [4.78, 5) is 10.7. The minimum absolute atomic E-state index is 0. The predicted molar refractivity (Wildman–Crippen MR) is 88.9 cm³/mol. The molecule has 0 aliphatic carbocycles. The number of phenols is 1. The maximum Gasteiger partial charge on any atom is 0.328 e. The van der Waals surface area contributed by atoms with Crippen LogP contribution >= 0.6 is 0 Å². The highest BCUT2D eigenvalue weighted by Gasteiger charge is 2.26. The molecule has 0 amide bonds. The molecule has 0 aromatic heterocycles. The first-order valence-corrected chi connectivity index (χ1v) is 6.72. The number of aromatic hydroxyl groups is 1. The van der Waals surface area contributed by atoms with Crippen molar-refractivity contribution in [2.75, 3.05) is 0 Å². The van der Waals surface area contributed by atoms with Gasteiger partial charge in [-0.2, -0.15) is 0 Å². The zero-order valence-corrected chi connectivity index (χ0v) is 13.1. The Morgan fingerprint density at radius 1 is 1.00 bits per heavy atom. The average molecular weight is 292 g/mol. The van der Waals surface area contributed by atoms with E-state index >= 15 is 0 Å². The van der Waals surface area contributed by atoms with E-state index in [0.29, 0.717) is 5.75 Å². The van der Waals surface area contributed by atoms with Crippen molar-refractivity contribution in [3.8, 4) is 5.75 Å². The molecular formula is C18H28O3. The fourth-order valence-electron chi connectivity index (χ4n) is 2.06. The fourth-order valence-corrected chi connectivity index (χ4v) is 2.06. The second-order valence-corrected chi connectivity index (χ2v) is 7.14. The fraction of sp³-hybridized carbons (Fsp3) is 0.500. The highest BCUT2D eigenvalue weighted by Crippen LogP contribution is 2.39. The summed E-state index contributed by atoms with van der Waals surface area (Å²) in [6, 6.07) is 3.70. The topological polar surface area (TPSA) is 57.5 Å². The minimum atomic E-state index is -0.979. The average Bonchev–Trinajstić information content (AvgIpc) is 2.24. The Morgan fingerprint density at radius 3 is 1.67 bits per heavy atom. The molecule has 0 radical (unpaired) electrons. The van der Waals surface area contributed by atoms with Crippen LogP contribution in [0.4, 0.5) is 0 Å². The van der Waals surface area contributed by atoms with Crippen molar-refractivity contribution >= 4 is 12.0 Å².